The molecule has 0 aromatic heterocycles. The van der Waals surface area contributed by atoms with E-state index in [2.05, 4.69) is 4.99 Å². The molecule has 0 spiro atoms. The predicted octanol–water partition coefficient (Wildman–Crippen LogP) is 2.56. The number of thioether (sulfide) groups is 1. The third-order valence-corrected chi connectivity index (χ3v) is 3.00. The minimum atomic E-state index is -0.256. The van der Waals surface area contributed by atoms with Crippen molar-refractivity contribution < 1.29 is 4.79 Å². The van der Waals surface area contributed by atoms with Gasteiger partial charge in [-0.2, -0.15) is 4.99 Å². The number of amidine groups is 1. The lowest BCUT2D eigenvalue weighted by molar-refractivity contribution is -0.113. The van der Waals surface area contributed by atoms with Crippen LogP contribution in [0.3, 0.4) is 0 Å². The summed E-state index contributed by atoms with van der Waals surface area (Å²) in [5, 5.41) is 0.314. The lowest BCUT2D eigenvalue weighted by Gasteiger charge is -1.96. The van der Waals surface area contributed by atoms with Crippen LogP contribution in [0.15, 0.2) is 51.9 Å². The molecule has 2 rings (SSSR count). The second-order valence-corrected chi connectivity index (χ2v) is 4.73. The number of nitrogens with two attached hydrogens (primary N) is 1. The molecule has 1 aromatic carbocycles. The van der Waals surface area contributed by atoms with Crippen molar-refractivity contribution >= 4 is 28.9 Å². The summed E-state index contributed by atoms with van der Waals surface area (Å²) in [4.78, 5) is 15.6. The Bertz CT molecular complexity index is 530. The highest BCUT2D eigenvalue weighted by Crippen LogP contribution is 2.25. The first kappa shape index (κ1) is 11.7. The molecule has 1 amide bonds. The zero-order valence-electron chi connectivity index (χ0n) is 9.38. The molecule has 0 unspecified atom stereocenters. The number of nitrogens with zero attached hydrogens (tertiary/aromatic N) is 1. The smallest absolute Gasteiger partial charge is 0.286 e. The fourth-order valence-electron chi connectivity index (χ4n) is 1.49. The predicted molar refractivity (Wildman–Crippen MR) is 72.4 cm³/mol. The van der Waals surface area contributed by atoms with E-state index in [1.165, 1.54) is 11.8 Å². The highest BCUT2D eigenvalue weighted by Gasteiger charge is 2.18. The first-order valence-electron chi connectivity index (χ1n) is 5.16. The SMILES string of the molecule is CC(/C=C1\SC(N)=NC1=O)=C\c1ccccc1. The van der Waals surface area contributed by atoms with E-state index in [1.807, 2.05) is 49.4 Å². The van der Waals surface area contributed by atoms with E-state index in [-0.39, 0.29) is 5.91 Å². The summed E-state index contributed by atoms with van der Waals surface area (Å²) in [6.45, 7) is 1.95. The number of benzene rings is 1. The molecule has 3 nitrogen and oxygen atoms in total. The molecule has 0 fully saturated rings. The van der Waals surface area contributed by atoms with Gasteiger partial charge in [-0.05, 0) is 35.9 Å². The van der Waals surface area contributed by atoms with Crippen molar-refractivity contribution in [1.82, 2.24) is 0 Å². The number of hydrogen-bond acceptors (Lipinski definition) is 3. The van der Waals surface area contributed by atoms with Crippen LogP contribution >= 0.6 is 11.8 Å². The van der Waals surface area contributed by atoms with Crippen LogP contribution in [0.1, 0.15) is 12.5 Å². The topological polar surface area (TPSA) is 55.4 Å². The Kier molecular flexibility index (Phi) is 3.44. The molecule has 0 aliphatic carbocycles. The lowest BCUT2D eigenvalue weighted by atomic mass is 10.1. The van der Waals surface area contributed by atoms with Gasteiger partial charge in [0.15, 0.2) is 5.17 Å². The summed E-state index contributed by atoms with van der Waals surface area (Å²) in [5.74, 6) is -0.256. The van der Waals surface area contributed by atoms with Crippen molar-refractivity contribution in [3.63, 3.8) is 0 Å². The zero-order valence-corrected chi connectivity index (χ0v) is 10.2. The third-order valence-electron chi connectivity index (χ3n) is 2.19. The standard InChI is InChI=1S/C13H12N2OS/c1-9(7-10-5-3-2-4-6-10)8-11-12(16)15-13(14)17-11/h2-8H,1H3,(H2,14,15,16)/b9-7+,11-8-. The summed E-state index contributed by atoms with van der Waals surface area (Å²) >= 11 is 1.21. The molecule has 0 saturated heterocycles. The molecule has 17 heavy (non-hydrogen) atoms. The quantitative estimate of drug-likeness (QED) is 0.813. The van der Waals surface area contributed by atoms with Gasteiger partial charge in [0.25, 0.3) is 5.91 Å². The Morgan fingerprint density at radius 1 is 1.35 bits per heavy atom. The number of amides is 1. The Morgan fingerprint density at radius 2 is 2.06 bits per heavy atom. The van der Waals surface area contributed by atoms with E-state index in [1.54, 1.807) is 0 Å². The molecule has 1 heterocycles. The average Bonchev–Trinajstić information content (AvgIpc) is 2.58. The average molecular weight is 244 g/mol. The Hall–Kier alpha value is -1.81. The van der Waals surface area contributed by atoms with Gasteiger partial charge in [-0.25, -0.2) is 0 Å². The Morgan fingerprint density at radius 3 is 2.65 bits per heavy atom. The van der Waals surface area contributed by atoms with E-state index >= 15 is 0 Å². The number of hydrogen-bond donors (Lipinski definition) is 1. The van der Waals surface area contributed by atoms with Gasteiger partial charge < -0.3 is 5.73 Å². The zero-order chi connectivity index (χ0) is 12.3. The minimum Gasteiger partial charge on any atom is -0.378 e. The second-order valence-electron chi connectivity index (χ2n) is 3.66. The van der Waals surface area contributed by atoms with Crippen LogP contribution in [0, 0.1) is 0 Å². The molecule has 0 saturated carbocycles. The monoisotopic (exact) mass is 244 g/mol. The van der Waals surface area contributed by atoms with Gasteiger partial charge in [0.2, 0.25) is 0 Å². The van der Waals surface area contributed by atoms with Crippen LogP contribution in [-0.2, 0) is 4.79 Å². The van der Waals surface area contributed by atoms with Crippen molar-refractivity contribution in [1.29, 1.82) is 0 Å². The highest BCUT2D eigenvalue weighted by molar-refractivity contribution is 8.18. The summed E-state index contributed by atoms with van der Waals surface area (Å²) in [6.07, 6.45) is 3.82. The molecule has 0 bridgehead atoms. The lowest BCUT2D eigenvalue weighted by Crippen LogP contribution is -2.01. The van der Waals surface area contributed by atoms with Crippen LogP contribution in [0.25, 0.3) is 6.08 Å². The van der Waals surface area contributed by atoms with Gasteiger partial charge in [0, 0.05) is 0 Å². The van der Waals surface area contributed by atoms with Crippen LogP contribution < -0.4 is 5.73 Å². The maximum atomic E-state index is 11.4. The van der Waals surface area contributed by atoms with Gasteiger partial charge in [-0.15, -0.1) is 0 Å². The van der Waals surface area contributed by atoms with Gasteiger partial charge in [-0.1, -0.05) is 36.4 Å². The van der Waals surface area contributed by atoms with Crippen LogP contribution in [0.4, 0.5) is 0 Å². The molecule has 86 valence electrons. The summed E-state index contributed by atoms with van der Waals surface area (Å²) in [5.41, 5.74) is 7.58. The number of rotatable bonds is 2. The van der Waals surface area contributed by atoms with Crippen LogP contribution in [-0.4, -0.2) is 11.1 Å². The minimum absolute atomic E-state index is 0.256. The first-order chi connectivity index (χ1) is 8.15. The van der Waals surface area contributed by atoms with Gasteiger partial charge in [0.1, 0.15) is 0 Å². The van der Waals surface area contributed by atoms with Crippen LogP contribution in [0.5, 0.6) is 0 Å². The van der Waals surface area contributed by atoms with Crippen molar-refractivity contribution in [3.8, 4) is 0 Å². The van der Waals surface area contributed by atoms with Crippen molar-refractivity contribution in [2.24, 2.45) is 10.7 Å². The second kappa shape index (κ2) is 5.01. The van der Waals surface area contributed by atoms with E-state index in [4.69, 9.17) is 5.73 Å². The molecule has 0 radical (unpaired) electrons. The normalized spacial score (nSPS) is 18.6. The van der Waals surface area contributed by atoms with Crippen molar-refractivity contribution in [3.05, 3.63) is 52.4 Å². The van der Waals surface area contributed by atoms with Crippen molar-refractivity contribution in [2.45, 2.75) is 6.92 Å². The van der Waals surface area contributed by atoms with E-state index in [0.717, 1.165) is 11.1 Å². The Balaban J connectivity index is 2.18. The summed E-state index contributed by atoms with van der Waals surface area (Å²) < 4.78 is 0. The molecular weight excluding hydrogens is 232 g/mol. The number of carbonyl (C=O) groups excluding carboxylic acids is 1. The summed E-state index contributed by atoms with van der Waals surface area (Å²) in [6, 6.07) is 9.94. The highest BCUT2D eigenvalue weighted by atomic mass is 32.2. The number of carbonyl (C=O) groups is 1. The number of aliphatic imine (C=N–C) groups is 1. The fraction of sp³-hybridized carbons (Fsp3) is 0.0769. The molecule has 2 N–H and O–H groups in total. The molecule has 1 aliphatic heterocycles. The van der Waals surface area contributed by atoms with Gasteiger partial charge in [-0.3, -0.25) is 4.79 Å². The largest absolute Gasteiger partial charge is 0.378 e. The summed E-state index contributed by atoms with van der Waals surface area (Å²) in [7, 11) is 0. The maximum absolute atomic E-state index is 11.4. The molecule has 1 aliphatic rings. The van der Waals surface area contributed by atoms with E-state index < -0.39 is 0 Å². The molecule has 4 heteroatoms. The van der Waals surface area contributed by atoms with Crippen molar-refractivity contribution in [2.75, 3.05) is 0 Å². The molecular formula is C13H12N2OS. The maximum Gasteiger partial charge on any atom is 0.286 e. The van der Waals surface area contributed by atoms with Gasteiger partial charge in [0.05, 0.1) is 4.91 Å². The van der Waals surface area contributed by atoms with Gasteiger partial charge >= 0.3 is 0 Å². The molecule has 1 aromatic rings. The molecule has 0 atom stereocenters. The number of allylic oxidation sites excluding steroid dienone is 2. The van der Waals surface area contributed by atoms with E-state index in [9.17, 15) is 4.79 Å². The third kappa shape index (κ3) is 3.07. The Labute approximate surface area is 104 Å². The fourth-order valence-corrected chi connectivity index (χ4v) is 2.22. The van der Waals surface area contributed by atoms with Crippen LogP contribution in [0.2, 0.25) is 0 Å². The van der Waals surface area contributed by atoms with E-state index in [0.29, 0.717) is 10.1 Å². The first-order valence-corrected chi connectivity index (χ1v) is 5.98.